The monoisotopic (exact) mass is 2060 g/mol. The molecule has 17 N–H and O–H groups in total. The second-order valence-electron chi connectivity index (χ2n) is 35.8. The first-order valence-electron chi connectivity index (χ1n) is 47.1. The summed E-state index contributed by atoms with van der Waals surface area (Å²) in [6, 6.07) is 42.3. The molecule has 9 atom stereocenters. The third kappa shape index (κ3) is 37.2. The van der Waals surface area contributed by atoms with E-state index < -0.39 is 119 Å². The number of hydrogen-bond acceptors (Lipinski definition) is 25. The predicted molar refractivity (Wildman–Crippen MR) is 579 cm³/mol. The van der Waals surface area contributed by atoms with Gasteiger partial charge in [-0.05, 0) is 193 Å². The number of amides is 8. The summed E-state index contributed by atoms with van der Waals surface area (Å²) < 4.78 is 30.7. The Kier molecular flexibility index (Phi) is 47.4. The molecule has 8 amide bonds. The van der Waals surface area contributed by atoms with Gasteiger partial charge >= 0.3 is 23.9 Å². The van der Waals surface area contributed by atoms with Crippen molar-refractivity contribution in [1.82, 2.24) is 82.1 Å². The van der Waals surface area contributed by atoms with Gasteiger partial charge in [-0.1, -0.05) is 117 Å². The Balaban J connectivity index is -0.000000602. The minimum atomic E-state index is -1.03. The number of halogens is 1. The lowest BCUT2D eigenvalue weighted by Gasteiger charge is -2.23. The van der Waals surface area contributed by atoms with Crippen LogP contribution in [0.4, 0.5) is 0 Å². The molecule has 9 aromatic heterocycles. The van der Waals surface area contributed by atoms with Crippen LogP contribution in [0.25, 0.3) is 43.6 Å². The fraction of sp³-hybridized carbons (Fsp3) is 0.346. The molecule has 13 aromatic rings. The van der Waals surface area contributed by atoms with Crippen molar-refractivity contribution in [2.75, 3.05) is 42.7 Å². The highest BCUT2D eigenvalue weighted by Crippen LogP contribution is 2.31. The fourth-order valence-corrected chi connectivity index (χ4v) is 15.2. The molecule has 4 aromatic carbocycles. The van der Waals surface area contributed by atoms with Gasteiger partial charge in [0.1, 0.15) is 94.1 Å². The summed E-state index contributed by atoms with van der Waals surface area (Å²) in [6.07, 6.45) is 19.9. The number of ether oxygens (including phenoxy) is 6. The van der Waals surface area contributed by atoms with Crippen molar-refractivity contribution in [3.63, 3.8) is 0 Å². The molecule has 0 radical (unpaired) electrons. The fourth-order valence-electron chi connectivity index (χ4n) is 15.2. The van der Waals surface area contributed by atoms with E-state index in [4.69, 9.17) is 40.3 Å². The number of pyridine rings is 5. The van der Waals surface area contributed by atoms with Crippen molar-refractivity contribution in [3.8, 4) is 29.1 Å². The van der Waals surface area contributed by atoms with Gasteiger partial charge in [0.2, 0.25) is 23.6 Å². The number of nitrogens with zero attached hydrogens (tertiary/aromatic N) is 6. The number of H-pyrrole nitrogens is 4. The topological polar surface area (TPSA) is 588 Å². The summed E-state index contributed by atoms with van der Waals surface area (Å²) in [4.78, 5) is 179. The first-order valence-corrected chi connectivity index (χ1v) is 47.1. The molecule has 13 rings (SSSR count). The van der Waals surface area contributed by atoms with Crippen LogP contribution in [0.15, 0.2) is 220 Å². The molecule has 9 heterocycles. The number of nitrogens with two attached hydrogens (primary N) is 2. The number of esters is 2. The van der Waals surface area contributed by atoms with E-state index in [1.807, 2.05) is 146 Å². The maximum atomic E-state index is 13.2. The minimum absolute atomic E-state index is 0. The largest absolute Gasteiger partial charge is 0.496 e. The molecule has 0 bridgehead atoms. The average molecular weight is 2060 g/mol. The van der Waals surface area contributed by atoms with Gasteiger partial charge < -0.3 is 107 Å². The summed E-state index contributed by atoms with van der Waals surface area (Å²) in [5.41, 5.74) is 19.6. The van der Waals surface area contributed by atoms with E-state index in [0.717, 1.165) is 71.4 Å². The first kappa shape index (κ1) is 117. The van der Waals surface area contributed by atoms with Gasteiger partial charge in [0, 0.05) is 141 Å². The number of benzene rings is 4. The third-order valence-electron chi connectivity index (χ3n) is 22.4. The van der Waals surface area contributed by atoms with Crippen LogP contribution in [0.5, 0.6) is 23.0 Å². The number of aromatic amines is 4. The highest BCUT2D eigenvalue weighted by atomic mass is 35.5. The standard InChI is InChI=1S/C25H30N4O5.C24H29N5O4.C24H27N5O3.C16H20N2O4.C9H12N2O2.C9H11NO2.ClH.11H2/c1-15(2)11-19(23(30)29-21(25(32)34-4)12-16-7-6-10-26-14-16)28-24(31)20-13-17-18(27-20)8-5-9-22(17)33-3;1-14(2)10-19(23(31)28-18(22(25)30)11-15-6-5-9-26-13-15)29-24(32)20-12-16-17(27-20)7-4-8-21(16)33-3;1-15(2)10-20(23(30)27-17(13-25)11-16-6-5-9-26-14-16)29-24(31)21-12-18-19(28-21)7-4-8-22(18)32-3;1-9(2)7-13(16(20)21)18-15(19)12-8-10-11(17-12)5-4-6-14(10)22-3;1-13-9(12)8(10)5-7-3-2-4-11-6-7;1-7(9(11)12)5-8-3-2-4-10-6-8;;;;;;;;;;;;/h5-10,13-15,19,21,27H,11-12H2,1-4H3,(H,28,31)(H,29,30);4-9,12-14,18-19,27H,10-11H2,1-3H3,(H2,25,30)(H,28,31)(H,29,32);4-9,12,14-15,17,20,28H,10-11H2,1-3H3,(H,27,30)(H,29,31);4-6,8-9,13,17H,7H2,1-3H3,(H,18,19)(H,20,21);2-4,6,8H,5,10H2,1H3;2-4,6-7H,5H2,1H3,(H,11,12);12*1H/t19-,21-;18-,19-;17-,20-;13-;8-;7-;;;;;;;;;;;;/m000000............/s1. The Morgan fingerprint density at radius 3 is 0.905 bits per heavy atom. The number of aromatic nitrogens is 9. The zero-order valence-corrected chi connectivity index (χ0v) is 85.5. The normalized spacial score (nSPS) is 12.5. The molecule has 0 spiro atoms. The van der Waals surface area contributed by atoms with E-state index in [2.05, 4.69) is 92.9 Å². The van der Waals surface area contributed by atoms with Crippen LogP contribution in [0, 0.1) is 40.9 Å². The number of nitriles is 1. The van der Waals surface area contributed by atoms with Crippen LogP contribution in [0.3, 0.4) is 0 Å². The van der Waals surface area contributed by atoms with Gasteiger partial charge in [0.25, 0.3) is 23.6 Å². The molecule has 0 aliphatic carbocycles. The molecular formula is C107H152ClN19O20. The smallest absolute Gasteiger partial charge is 0.328 e. The van der Waals surface area contributed by atoms with Crippen LogP contribution in [0.1, 0.15) is 173 Å². The lowest BCUT2D eigenvalue weighted by atomic mass is 10.0. The summed E-state index contributed by atoms with van der Waals surface area (Å²) in [5, 5.41) is 49.5. The van der Waals surface area contributed by atoms with Crippen LogP contribution < -0.4 is 67.6 Å². The van der Waals surface area contributed by atoms with Crippen molar-refractivity contribution < 1.29 is 112 Å². The number of rotatable bonds is 41. The highest BCUT2D eigenvalue weighted by Gasteiger charge is 2.33. The third-order valence-corrected chi connectivity index (χ3v) is 22.4. The molecule has 802 valence electrons. The van der Waals surface area contributed by atoms with E-state index in [0.29, 0.717) is 90.7 Å². The summed E-state index contributed by atoms with van der Waals surface area (Å²) in [5.74, 6) is -3.64. The van der Waals surface area contributed by atoms with Gasteiger partial charge in [-0.2, -0.15) is 5.26 Å². The van der Waals surface area contributed by atoms with Gasteiger partial charge in [0.15, 0.2) is 0 Å². The van der Waals surface area contributed by atoms with Gasteiger partial charge in [0.05, 0.1) is 54.6 Å². The van der Waals surface area contributed by atoms with Crippen LogP contribution >= 0.6 is 12.4 Å². The summed E-state index contributed by atoms with van der Waals surface area (Å²) in [7, 11) is 8.85. The summed E-state index contributed by atoms with van der Waals surface area (Å²) >= 11 is 0. The van der Waals surface area contributed by atoms with Crippen molar-refractivity contribution >= 4 is 127 Å². The number of primary amides is 1. The number of nitrogens with one attached hydrogen (secondary N) is 11. The molecule has 39 nitrogen and oxygen atoms in total. The average Bonchev–Trinajstić information content (AvgIpc) is 1.67. The zero-order valence-electron chi connectivity index (χ0n) is 84.6. The Bertz CT molecular complexity index is 6580. The number of fused-ring (bicyclic) bond motifs is 4. The van der Waals surface area contributed by atoms with Gasteiger partial charge in [-0.25, -0.2) is 9.59 Å². The van der Waals surface area contributed by atoms with E-state index in [1.165, 1.54) is 14.2 Å². The van der Waals surface area contributed by atoms with E-state index in [9.17, 15) is 67.9 Å². The quantitative estimate of drug-likeness (QED) is 0.0158. The second-order valence-corrected chi connectivity index (χ2v) is 35.8. The summed E-state index contributed by atoms with van der Waals surface area (Å²) in [6.45, 7) is 17.3. The molecule has 0 saturated carbocycles. The number of hydrogen-bond donors (Lipinski definition) is 15. The lowest BCUT2D eigenvalue weighted by molar-refractivity contribution is -0.145. The molecule has 0 saturated heterocycles. The maximum Gasteiger partial charge on any atom is 0.328 e. The number of carboxylic acid groups (broad SMARTS) is 2. The number of carboxylic acids is 2. The van der Waals surface area contributed by atoms with Gasteiger partial charge in [-0.15, -0.1) is 12.4 Å². The SMILES string of the molecule is COC(=O)[C@@H](N)Cc1cccnc1.COC(=O)[C@H](Cc1cccnc1)NC(=O)[C@H](CC(C)C)NC(=O)c1cc2c(OC)cccc2[nH]1.COc1cccc2[nH]c(C(=O)N[C@@H](CC(C)C)C(=O)N[C@@H](Cc3cccnc3)C(N)=O)cc12.COc1cccc2[nH]c(C(=O)N[C@@H](CC(C)C)C(=O)N[C@H](C#N)Cc3cccnc3)cc12.COc1cccc2[nH]c(C(=O)N[C@@H](CC(C)C)C(=O)O)cc12.C[C@@H](Cc1cccnc1)C(=O)O.Cl.[HH].[HH].[HH].[HH].[HH].[HH].[HH].[HH].[HH].[HH].[HH]. The Labute approximate surface area is 873 Å². The molecular weight excluding hydrogens is 1910 g/mol. The van der Waals surface area contributed by atoms with Crippen LogP contribution in [-0.4, -0.2) is 217 Å². The lowest BCUT2D eigenvalue weighted by Crippen LogP contribution is -2.54. The number of methoxy groups -OCH3 is 6. The van der Waals surface area contributed by atoms with E-state index in [-0.39, 0.29) is 70.5 Å². The van der Waals surface area contributed by atoms with E-state index >= 15 is 0 Å². The predicted octanol–water partition coefficient (Wildman–Crippen LogP) is 14.5. The molecule has 40 heteroatoms. The number of aliphatic carboxylic acids is 2. The van der Waals surface area contributed by atoms with Crippen LogP contribution in [-0.2, 0) is 79.9 Å². The number of carbonyl (C=O) groups is 12. The van der Waals surface area contributed by atoms with Crippen molar-refractivity contribution in [1.29, 1.82) is 5.26 Å². The minimum Gasteiger partial charge on any atom is -0.496 e. The van der Waals surface area contributed by atoms with Crippen LogP contribution in [0.2, 0.25) is 0 Å². The van der Waals surface area contributed by atoms with Crippen molar-refractivity contribution in [2.45, 2.75) is 168 Å². The highest BCUT2D eigenvalue weighted by molar-refractivity contribution is 6.05. The zero-order chi connectivity index (χ0) is 107. The Morgan fingerprint density at radius 2 is 0.633 bits per heavy atom. The second kappa shape index (κ2) is 59.4. The Morgan fingerprint density at radius 1 is 0.354 bits per heavy atom. The molecule has 0 aliphatic rings. The molecule has 147 heavy (non-hydrogen) atoms. The van der Waals surface area contributed by atoms with Crippen molar-refractivity contribution in [3.05, 3.63) is 270 Å². The molecule has 0 aliphatic heterocycles. The Hall–Kier alpha value is -16.6. The molecule has 0 fully saturated rings. The maximum absolute atomic E-state index is 13.2. The number of carbonyl (C=O) groups excluding carboxylic acids is 10. The first-order chi connectivity index (χ1) is 69.9. The molecule has 0 unspecified atom stereocenters. The van der Waals surface area contributed by atoms with E-state index in [1.54, 1.807) is 164 Å². The van der Waals surface area contributed by atoms with Gasteiger partial charge in [-0.3, -0.25) is 72.9 Å². The van der Waals surface area contributed by atoms with Crippen molar-refractivity contribution in [2.24, 2.45) is 41.1 Å².